The Labute approximate surface area is 202 Å². The molecule has 0 N–H and O–H groups in total. The van der Waals surface area contributed by atoms with Crippen molar-refractivity contribution in [2.45, 2.75) is 25.7 Å². The molecule has 0 amide bonds. The number of likely N-dealkylation sites (N-methyl/N-ethyl adjacent to an activating group) is 1. The fraction of sp³-hybridized carbons (Fsp3) is 0.296. The van der Waals surface area contributed by atoms with Gasteiger partial charge in [-0.15, -0.1) is 0 Å². The molecule has 3 aromatic rings. The Morgan fingerprint density at radius 3 is 2.32 bits per heavy atom. The quantitative estimate of drug-likeness (QED) is 0.213. The van der Waals surface area contributed by atoms with Gasteiger partial charge in [-0.2, -0.15) is 8.42 Å². The van der Waals surface area contributed by atoms with Crippen molar-refractivity contribution in [2.24, 2.45) is 0 Å². The van der Waals surface area contributed by atoms with E-state index in [1.165, 1.54) is 12.1 Å². The second-order valence-corrected chi connectivity index (χ2v) is 9.81. The highest BCUT2D eigenvalue weighted by Crippen LogP contribution is 2.26. The molecular weight excluding hydrogens is 448 g/mol. The van der Waals surface area contributed by atoms with Gasteiger partial charge < -0.3 is 9.64 Å². The Kier molecular flexibility index (Phi) is 8.46. The molecule has 0 radical (unpaired) electrons. The van der Waals surface area contributed by atoms with Crippen molar-refractivity contribution in [1.29, 1.82) is 0 Å². The summed E-state index contributed by atoms with van der Waals surface area (Å²) in [5.41, 5.74) is 4.80. The van der Waals surface area contributed by atoms with Gasteiger partial charge in [0.15, 0.2) is 5.70 Å². The van der Waals surface area contributed by atoms with Gasteiger partial charge in [-0.25, -0.2) is 4.85 Å². The molecule has 0 bridgehead atoms. The smallest absolute Gasteiger partial charge is 0.297 e. The Hall–Kier alpha value is -3.18. The molecule has 178 valence electrons. The molecule has 0 fully saturated rings. The van der Waals surface area contributed by atoms with Gasteiger partial charge in [-0.1, -0.05) is 35.9 Å². The first-order valence-corrected chi connectivity index (χ1v) is 12.5. The Morgan fingerprint density at radius 1 is 0.941 bits per heavy atom. The first kappa shape index (κ1) is 25.4. The summed E-state index contributed by atoms with van der Waals surface area (Å²) < 4.78 is 35.0. The largest absolute Gasteiger partial charge is 0.377 e. The van der Waals surface area contributed by atoms with Crippen LogP contribution in [0.2, 0.25) is 0 Å². The fourth-order valence-electron chi connectivity index (χ4n) is 3.40. The van der Waals surface area contributed by atoms with Crippen molar-refractivity contribution in [3.05, 3.63) is 88.9 Å². The number of rotatable bonds is 10. The first-order chi connectivity index (χ1) is 16.2. The lowest BCUT2D eigenvalue weighted by Gasteiger charge is -2.20. The summed E-state index contributed by atoms with van der Waals surface area (Å²) in [7, 11) is -1.78. The molecule has 34 heavy (non-hydrogen) atoms. The molecule has 0 heterocycles. The number of aryl methyl sites for hydroxylation is 1. The van der Waals surface area contributed by atoms with Crippen LogP contribution in [0.4, 0.5) is 5.69 Å². The summed E-state index contributed by atoms with van der Waals surface area (Å²) in [6.07, 6.45) is 0. The van der Waals surface area contributed by atoms with E-state index in [0.717, 1.165) is 33.2 Å². The molecule has 7 heteroatoms. The van der Waals surface area contributed by atoms with E-state index in [1.807, 2.05) is 33.9 Å². The van der Waals surface area contributed by atoms with Crippen molar-refractivity contribution in [3.63, 3.8) is 0 Å². The summed E-state index contributed by atoms with van der Waals surface area (Å²) in [6, 6.07) is 19.0. The van der Waals surface area contributed by atoms with Crippen molar-refractivity contribution in [3.8, 4) is 0 Å². The standard InChI is InChI=1S/C27H30N2O4S/c1-20-6-12-27(13-7-20)34(30,31)33-17-16-32-15-14-29(5)26-11-10-24-18-23(8-9-25(24)19-26)21(2)22(3)28-4/h6-13,18-19H,14-17H2,1-3,5H3/b22-21-. The predicted molar refractivity (Wildman–Crippen MR) is 137 cm³/mol. The van der Waals surface area contributed by atoms with Gasteiger partial charge in [-0.3, -0.25) is 4.18 Å². The normalized spacial score (nSPS) is 12.3. The van der Waals surface area contributed by atoms with E-state index >= 15 is 0 Å². The molecule has 0 atom stereocenters. The highest BCUT2D eigenvalue weighted by atomic mass is 32.2. The van der Waals surface area contributed by atoms with Gasteiger partial charge in [0.1, 0.15) is 0 Å². The van der Waals surface area contributed by atoms with E-state index in [0.29, 0.717) is 18.8 Å². The summed E-state index contributed by atoms with van der Waals surface area (Å²) in [6.45, 7) is 14.2. The van der Waals surface area contributed by atoms with Crippen LogP contribution in [0.25, 0.3) is 21.2 Å². The highest BCUT2D eigenvalue weighted by molar-refractivity contribution is 7.86. The van der Waals surface area contributed by atoms with Crippen molar-refractivity contribution < 1.29 is 17.3 Å². The molecule has 0 saturated heterocycles. The van der Waals surface area contributed by atoms with Crippen LogP contribution >= 0.6 is 0 Å². The minimum atomic E-state index is -3.77. The van der Waals surface area contributed by atoms with Gasteiger partial charge in [0.2, 0.25) is 0 Å². The summed E-state index contributed by atoms with van der Waals surface area (Å²) >= 11 is 0. The second kappa shape index (κ2) is 11.3. The molecule has 0 unspecified atom stereocenters. The zero-order valence-electron chi connectivity index (χ0n) is 20.0. The molecule has 6 nitrogen and oxygen atoms in total. The van der Waals surface area contributed by atoms with Crippen LogP contribution in [0.3, 0.4) is 0 Å². The summed E-state index contributed by atoms with van der Waals surface area (Å²) in [5.74, 6) is 0. The predicted octanol–water partition coefficient (Wildman–Crippen LogP) is 5.68. The van der Waals surface area contributed by atoms with Gasteiger partial charge in [0.25, 0.3) is 10.1 Å². The van der Waals surface area contributed by atoms with E-state index in [9.17, 15) is 8.42 Å². The van der Waals surface area contributed by atoms with Gasteiger partial charge >= 0.3 is 0 Å². The number of hydrogen-bond donors (Lipinski definition) is 0. The van der Waals surface area contributed by atoms with Crippen LogP contribution in [0, 0.1) is 13.5 Å². The van der Waals surface area contributed by atoms with Crippen LogP contribution in [0.15, 0.2) is 71.3 Å². The van der Waals surface area contributed by atoms with Crippen LogP contribution in [0.5, 0.6) is 0 Å². The zero-order chi connectivity index (χ0) is 24.7. The molecule has 0 aliphatic rings. The molecule has 0 aliphatic heterocycles. The van der Waals surface area contributed by atoms with E-state index < -0.39 is 10.1 Å². The zero-order valence-corrected chi connectivity index (χ0v) is 20.9. The number of nitrogens with zero attached hydrogens (tertiary/aromatic N) is 2. The van der Waals surface area contributed by atoms with E-state index in [2.05, 4.69) is 40.1 Å². The minimum Gasteiger partial charge on any atom is -0.377 e. The van der Waals surface area contributed by atoms with E-state index in [1.54, 1.807) is 12.1 Å². The lowest BCUT2D eigenvalue weighted by atomic mass is 10.0. The molecule has 3 aromatic carbocycles. The Bertz CT molecular complexity index is 1320. The monoisotopic (exact) mass is 478 g/mol. The molecule has 0 spiro atoms. The summed E-state index contributed by atoms with van der Waals surface area (Å²) in [4.78, 5) is 5.77. The SMILES string of the molecule is [C-]#[N+]/C(C)=C(/C)c1ccc2cc(N(C)CCOCCOS(=O)(=O)c3ccc(C)cc3)ccc2c1. The number of ether oxygens (including phenoxy) is 1. The van der Waals surface area contributed by atoms with E-state index in [4.69, 9.17) is 15.5 Å². The van der Waals surface area contributed by atoms with Gasteiger partial charge in [-0.05, 0) is 73.0 Å². The highest BCUT2D eigenvalue weighted by Gasteiger charge is 2.14. The maximum absolute atomic E-state index is 12.2. The molecule has 0 aliphatic carbocycles. The van der Waals surface area contributed by atoms with Gasteiger partial charge in [0, 0.05) is 19.3 Å². The topological polar surface area (TPSA) is 60.2 Å². The maximum Gasteiger partial charge on any atom is 0.297 e. The first-order valence-electron chi connectivity index (χ1n) is 11.1. The molecule has 0 aromatic heterocycles. The minimum absolute atomic E-state index is 0.0287. The second-order valence-electron chi connectivity index (χ2n) is 8.19. The number of benzene rings is 3. The fourth-order valence-corrected chi connectivity index (χ4v) is 4.30. The number of hydrogen-bond acceptors (Lipinski definition) is 5. The van der Waals surface area contributed by atoms with Crippen LogP contribution in [0.1, 0.15) is 25.0 Å². The van der Waals surface area contributed by atoms with Crippen molar-refractivity contribution in [1.82, 2.24) is 0 Å². The Balaban J connectivity index is 1.49. The lowest BCUT2D eigenvalue weighted by Crippen LogP contribution is -2.23. The van der Waals surface area contributed by atoms with Crippen LogP contribution in [-0.2, 0) is 19.0 Å². The number of fused-ring (bicyclic) bond motifs is 1. The number of anilines is 1. The van der Waals surface area contributed by atoms with E-state index in [-0.39, 0.29) is 18.1 Å². The van der Waals surface area contributed by atoms with Crippen LogP contribution < -0.4 is 4.90 Å². The maximum atomic E-state index is 12.2. The Morgan fingerprint density at radius 2 is 1.62 bits per heavy atom. The molecular formula is C27H30N2O4S. The van der Waals surface area contributed by atoms with Crippen molar-refractivity contribution >= 4 is 32.2 Å². The lowest BCUT2D eigenvalue weighted by molar-refractivity contribution is 0.107. The third kappa shape index (κ3) is 6.45. The average Bonchev–Trinajstić information content (AvgIpc) is 2.84. The third-order valence-electron chi connectivity index (χ3n) is 5.75. The summed E-state index contributed by atoms with van der Waals surface area (Å²) in [5, 5.41) is 2.24. The van der Waals surface area contributed by atoms with Crippen LogP contribution in [-0.4, -0.2) is 41.8 Å². The molecule has 3 rings (SSSR count). The number of allylic oxidation sites excluding steroid dienone is 2. The van der Waals surface area contributed by atoms with Gasteiger partial charge in [0.05, 0.1) is 31.3 Å². The van der Waals surface area contributed by atoms with Crippen molar-refractivity contribution in [2.75, 3.05) is 38.3 Å². The average molecular weight is 479 g/mol. The molecule has 0 saturated carbocycles. The third-order valence-corrected chi connectivity index (χ3v) is 7.08.